The smallest absolute Gasteiger partial charge is 0.144 e. The molecule has 0 aliphatic heterocycles. The molecule has 0 unspecified atom stereocenters. The molecule has 1 heterocycles. The second-order valence-electron chi connectivity index (χ2n) is 5.96. The summed E-state index contributed by atoms with van der Waals surface area (Å²) in [5.41, 5.74) is 8.88. The summed E-state index contributed by atoms with van der Waals surface area (Å²) in [4.78, 5) is 4.62. The molecule has 0 amide bonds. The van der Waals surface area contributed by atoms with Gasteiger partial charge in [0.25, 0.3) is 0 Å². The van der Waals surface area contributed by atoms with Crippen molar-refractivity contribution in [1.29, 1.82) is 0 Å². The molecular weight excluding hydrogens is 277 g/mol. The van der Waals surface area contributed by atoms with E-state index in [0.717, 1.165) is 24.0 Å². The van der Waals surface area contributed by atoms with Crippen LogP contribution in [-0.2, 0) is 6.54 Å². The van der Waals surface area contributed by atoms with Gasteiger partial charge in [-0.15, -0.1) is 0 Å². The van der Waals surface area contributed by atoms with Crippen LogP contribution in [0.25, 0.3) is 22.4 Å². The molecule has 0 saturated heterocycles. The van der Waals surface area contributed by atoms with Crippen molar-refractivity contribution in [1.82, 2.24) is 9.55 Å². The number of benzene rings is 2. The second kappa shape index (κ2) is 5.79. The highest BCUT2D eigenvalue weighted by atomic mass is 19.1. The molecule has 2 aromatic carbocycles. The number of nitrogens with two attached hydrogens (primary N) is 1. The van der Waals surface area contributed by atoms with E-state index in [0.29, 0.717) is 23.0 Å². The average molecular weight is 297 g/mol. The number of halogens is 1. The van der Waals surface area contributed by atoms with E-state index in [1.165, 1.54) is 6.07 Å². The third-order valence-electron chi connectivity index (χ3n) is 3.85. The summed E-state index contributed by atoms with van der Waals surface area (Å²) >= 11 is 0. The van der Waals surface area contributed by atoms with Crippen molar-refractivity contribution in [2.75, 3.05) is 5.73 Å². The van der Waals surface area contributed by atoms with Gasteiger partial charge >= 0.3 is 0 Å². The molecule has 3 nitrogen and oxygen atoms in total. The molecule has 3 rings (SSSR count). The van der Waals surface area contributed by atoms with Crippen LogP contribution in [0.3, 0.4) is 0 Å². The molecule has 0 saturated carbocycles. The van der Waals surface area contributed by atoms with E-state index in [1.807, 2.05) is 24.3 Å². The van der Waals surface area contributed by atoms with E-state index in [-0.39, 0.29) is 5.82 Å². The predicted octanol–water partition coefficient (Wildman–Crippen LogP) is 4.47. The quantitative estimate of drug-likeness (QED) is 0.722. The van der Waals surface area contributed by atoms with Crippen molar-refractivity contribution in [3.63, 3.8) is 0 Å². The Balaban J connectivity index is 2.22. The third-order valence-corrected chi connectivity index (χ3v) is 3.85. The normalized spacial score (nSPS) is 11.5. The van der Waals surface area contributed by atoms with Gasteiger partial charge in [-0.1, -0.05) is 32.0 Å². The van der Waals surface area contributed by atoms with Crippen LogP contribution in [-0.4, -0.2) is 9.55 Å². The minimum absolute atomic E-state index is 0.262. The molecule has 22 heavy (non-hydrogen) atoms. The Morgan fingerprint density at radius 3 is 2.64 bits per heavy atom. The summed E-state index contributed by atoms with van der Waals surface area (Å²) in [7, 11) is 0. The van der Waals surface area contributed by atoms with Gasteiger partial charge in [0, 0.05) is 6.54 Å². The van der Waals surface area contributed by atoms with Gasteiger partial charge in [-0.05, 0) is 36.6 Å². The summed E-state index contributed by atoms with van der Waals surface area (Å²) in [6, 6.07) is 12.5. The zero-order valence-electron chi connectivity index (χ0n) is 12.9. The fraction of sp³-hybridized carbons (Fsp3) is 0.278. The Kier molecular flexibility index (Phi) is 3.84. The van der Waals surface area contributed by atoms with Crippen molar-refractivity contribution in [3.05, 3.63) is 48.3 Å². The van der Waals surface area contributed by atoms with Crippen molar-refractivity contribution in [2.45, 2.75) is 26.8 Å². The van der Waals surface area contributed by atoms with Crippen molar-refractivity contribution in [2.24, 2.45) is 5.92 Å². The van der Waals surface area contributed by atoms with Crippen LogP contribution < -0.4 is 5.73 Å². The van der Waals surface area contributed by atoms with E-state index < -0.39 is 0 Å². The lowest BCUT2D eigenvalue weighted by atomic mass is 10.1. The molecular formula is C18H20FN3. The topological polar surface area (TPSA) is 43.8 Å². The number of aromatic nitrogens is 2. The summed E-state index contributed by atoms with van der Waals surface area (Å²) in [6.45, 7) is 5.15. The van der Waals surface area contributed by atoms with Gasteiger partial charge < -0.3 is 10.3 Å². The zero-order valence-corrected chi connectivity index (χ0v) is 12.9. The van der Waals surface area contributed by atoms with Gasteiger partial charge in [-0.3, -0.25) is 0 Å². The van der Waals surface area contributed by atoms with Crippen LogP contribution in [0.5, 0.6) is 0 Å². The van der Waals surface area contributed by atoms with Crippen LogP contribution in [0.1, 0.15) is 20.3 Å². The lowest BCUT2D eigenvalue weighted by molar-refractivity contribution is 0.524. The van der Waals surface area contributed by atoms with Gasteiger partial charge in [0.2, 0.25) is 0 Å². The molecule has 0 fully saturated rings. The van der Waals surface area contributed by atoms with E-state index in [2.05, 4.69) is 23.4 Å². The van der Waals surface area contributed by atoms with Crippen molar-refractivity contribution < 1.29 is 4.39 Å². The fourth-order valence-electron chi connectivity index (χ4n) is 2.63. The number of hydrogen-bond donors (Lipinski definition) is 1. The van der Waals surface area contributed by atoms with Crippen molar-refractivity contribution in [3.8, 4) is 11.4 Å². The molecule has 2 N–H and O–H groups in total. The molecule has 0 spiro atoms. The Bertz CT molecular complexity index is 805. The van der Waals surface area contributed by atoms with Gasteiger partial charge in [0.05, 0.1) is 16.8 Å². The zero-order chi connectivity index (χ0) is 15.7. The number of para-hydroxylation sites is 1. The number of hydrogen-bond acceptors (Lipinski definition) is 2. The summed E-state index contributed by atoms with van der Waals surface area (Å²) in [5.74, 6) is 0.945. The Morgan fingerprint density at radius 1 is 1.14 bits per heavy atom. The summed E-state index contributed by atoms with van der Waals surface area (Å²) < 4.78 is 16.3. The first kappa shape index (κ1) is 14.6. The maximum absolute atomic E-state index is 14.2. The molecule has 114 valence electrons. The average Bonchev–Trinajstić information content (AvgIpc) is 2.85. The Hall–Kier alpha value is -2.36. The number of fused-ring (bicyclic) bond motifs is 1. The number of rotatable bonds is 4. The van der Waals surface area contributed by atoms with E-state index in [4.69, 9.17) is 5.73 Å². The SMILES string of the molecule is CC(C)CCn1c(-c2ccccc2F)nc2c(N)cccc21. The third kappa shape index (κ3) is 2.56. The van der Waals surface area contributed by atoms with Crippen LogP contribution >= 0.6 is 0 Å². The largest absolute Gasteiger partial charge is 0.397 e. The Labute approximate surface area is 129 Å². The molecule has 0 bridgehead atoms. The minimum atomic E-state index is -0.262. The van der Waals surface area contributed by atoms with Crippen LogP contribution in [0.4, 0.5) is 10.1 Å². The molecule has 0 aliphatic carbocycles. The second-order valence-corrected chi connectivity index (χ2v) is 5.96. The number of nitrogens with zero attached hydrogens (tertiary/aromatic N) is 2. The maximum atomic E-state index is 14.2. The first-order valence-electron chi connectivity index (χ1n) is 7.57. The molecule has 4 heteroatoms. The molecule has 3 aromatic rings. The lowest BCUT2D eigenvalue weighted by Crippen LogP contribution is -2.04. The van der Waals surface area contributed by atoms with Crippen LogP contribution in [0.15, 0.2) is 42.5 Å². The van der Waals surface area contributed by atoms with Gasteiger partial charge in [0.15, 0.2) is 0 Å². The van der Waals surface area contributed by atoms with Gasteiger partial charge in [-0.2, -0.15) is 0 Å². The first-order valence-corrected chi connectivity index (χ1v) is 7.57. The monoisotopic (exact) mass is 297 g/mol. The van der Waals surface area contributed by atoms with E-state index in [1.54, 1.807) is 12.1 Å². The Morgan fingerprint density at radius 2 is 1.91 bits per heavy atom. The standard InChI is InChI=1S/C18H20FN3/c1-12(2)10-11-22-16-9-5-8-15(20)17(16)21-18(22)13-6-3-4-7-14(13)19/h3-9,12H,10-11,20H2,1-2H3. The van der Waals surface area contributed by atoms with E-state index >= 15 is 0 Å². The fourth-order valence-corrected chi connectivity index (χ4v) is 2.63. The predicted molar refractivity (Wildman–Crippen MR) is 89.0 cm³/mol. The number of nitrogen functional groups attached to an aromatic ring is 1. The minimum Gasteiger partial charge on any atom is -0.397 e. The molecule has 0 aliphatic rings. The first-order chi connectivity index (χ1) is 10.6. The summed E-state index contributed by atoms with van der Waals surface area (Å²) in [5, 5.41) is 0. The lowest BCUT2D eigenvalue weighted by Gasteiger charge is -2.11. The molecule has 1 aromatic heterocycles. The van der Waals surface area contributed by atoms with Crippen LogP contribution in [0, 0.1) is 11.7 Å². The number of aryl methyl sites for hydroxylation is 1. The van der Waals surface area contributed by atoms with Crippen molar-refractivity contribution >= 4 is 16.7 Å². The summed E-state index contributed by atoms with van der Waals surface area (Å²) in [6.07, 6.45) is 1.00. The molecule has 0 atom stereocenters. The van der Waals surface area contributed by atoms with E-state index in [9.17, 15) is 4.39 Å². The number of imidazole rings is 1. The highest BCUT2D eigenvalue weighted by Crippen LogP contribution is 2.30. The van der Waals surface area contributed by atoms with Crippen LogP contribution in [0.2, 0.25) is 0 Å². The number of anilines is 1. The maximum Gasteiger partial charge on any atom is 0.144 e. The highest BCUT2D eigenvalue weighted by Gasteiger charge is 2.16. The molecule has 0 radical (unpaired) electrons. The van der Waals surface area contributed by atoms with Gasteiger partial charge in [0.1, 0.15) is 17.2 Å². The van der Waals surface area contributed by atoms with Gasteiger partial charge in [-0.25, -0.2) is 9.37 Å². The highest BCUT2D eigenvalue weighted by molar-refractivity contribution is 5.90.